The van der Waals surface area contributed by atoms with Gasteiger partial charge in [0, 0.05) is 19.4 Å². The molecular formula is C12H11N3O2S. The Morgan fingerprint density at radius 2 is 2.22 bits per heavy atom. The maximum atomic E-state index is 11.0. The van der Waals surface area contributed by atoms with Crippen molar-refractivity contribution in [1.82, 2.24) is 14.0 Å². The second-order valence-corrected chi connectivity index (χ2v) is 5.06. The Labute approximate surface area is 107 Å². The monoisotopic (exact) mass is 261 g/mol. The zero-order valence-corrected chi connectivity index (χ0v) is 10.7. The second-order valence-electron chi connectivity index (χ2n) is 4.14. The molecule has 0 atom stereocenters. The first-order valence-corrected chi connectivity index (χ1v) is 6.28. The van der Waals surface area contributed by atoms with Crippen LogP contribution in [0.1, 0.15) is 16.1 Å². The zero-order chi connectivity index (χ0) is 12.9. The van der Waals surface area contributed by atoms with E-state index in [1.807, 2.05) is 24.6 Å². The van der Waals surface area contributed by atoms with Crippen LogP contribution in [0.2, 0.25) is 0 Å². The summed E-state index contributed by atoms with van der Waals surface area (Å²) >= 11 is 1.64. The molecule has 0 aromatic carbocycles. The molecular weight excluding hydrogens is 250 g/mol. The van der Waals surface area contributed by atoms with E-state index in [-0.39, 0.29) is 5.69 Å². The summed E-state index contributed by atoms with van der Waals surface area (Å²) in [7, 11) is 1.71. The molecule has 1 N–H and O–H groups in total. The van der Waals surface area contributed by atoms with Crippen LogP contribution >= 0.6 is 11.3 Å². The molecule has 3 rings (SSSR count). The lowest BCUT2D eigenvalue weighted by Crippen LogP contribution is -2.04. The minimum atomic E-state index is -0.947. The standard InChI is InChI=1S/C12H11N3O2S/c1-7-3-4-18-10(7)8-5-15-6-9(11(16)17)14(2)12(15)13-8/h3-6H,1-2H3,(H,16,17). The largest absolute Gasteiger partial charge is 0.477 e. The van der Waals surface area contributed by atoms with Gasteiger partial charge in [0.15, 0.2) is 0 Å². The fourth-order valence-corrected chi connectivity index (χ4v) is 2.88. The summed E-state index contributed by atoms with van der Waals surface area (Å²) in [6, 6.07) is 2.05. The SMILES string of the molecule is Cc1ccsc1-c1cn2cc(C(=O)O)n(C)c2n1. The highest BCUT2D eigenvalue weighted by molar-refractivity contribution is 7.13. The highest BCUT2D eigenvalue weighted by Crippen LogP contribution is 2.28. The van der Waals surface area contributed by atoms with Crippen LogP contribution in [-0.2, 0) is 7.05 Å². The lowest BCUT2D eigenvalue weighted by Gasteiger charge is -1.95. The van der Waals surface area contributed by atoms with Gasteiger partial charge in [-0.3, -0.25) is 4.40 Å². The van der Waals surface area contributed by atoms with Gasteiger partial charge in [0.25, 0.3) is 0 Å². The number of aryl methyl sites for hydroxylation is 2. The number of rotatable bonds is 2. The number of aromatic nitrogens is 3. The average molecular weight is 261 g/mol. The number of fused-ring (bicyclic) bond motifs is 1. The van der Waals surface area contributed by atoms with Crippen molar-refractivity contribution >= 4 is 23.1 Å². The van der Waals surface area contributed by atoms with E-state index in [1.165, 1.54) is 5.56 Å². The van der Waals surface area contributed by atoms with Crippen LogP contribution in [-0.4, -0.2) is 25.0 Å². The Bertz CT molecular complexity index is 751. The van der Waals surface area contributed by atoms with Gasteiger partial charge < -0.3 is 9.67 Å². The molecule has 0 unspecified atom stereocenters. The van der Waals surface area contributed by atoms with E-state index in [0.717, 1.165) is 10.6 Å². The van der Waals surface area contributed by atoms with Crippen molar-refractivity contribution in [1.29, 1.82) is 0 Å². The van der Waals surface area contributed by atoms with Gasteiger partial charge in [0.2, 0.25) is 5.78 Å². The van der Waals surface area contributed by atoms with Crippen LogP contribution in [0.4, 0.5) is 0 Å². The molecule has 5 nitrogen and oxygen atoms in total. The Balaban J connectivity index is 2.19. The number of thiophene rings is 1. The number of hydrogen-bond donors (Lipinski definition) is 1. The van der Waals surface area contributed by atoms with Gasteiger partial charge in [-0.1, -0.05) is 0 Å². The van der Waals surface area contributed by atoms with Crippen molar-refractivity contribution in [2.24, 2.45) is 7.05 Å². The molecule has 6 heteroatoms. The Hall–Kier alpha value is -2.08. The molecule has 0 saturated carbocycles. The zero-order valence-electron chi connectivity index (χ0n) is 9.91. The number of carboxylic acids is 1. The van der Waals surface area contributed by atoms with Crippen molar-refractivity contribution in [3.63, 3.8) is 0 Å². The van der Waals surface area contributed by atoms with Gasteiger partial charge in [0.05, 0.1) is 4.88 Å². The molecule has 92 valence electrons. The van der Waals surface area contributed by atoms with E-state index in [0.29, 0.717) is 5.78 Å². The second kappa shape index (κ2) is 3.71. The number of aromatic carboxylic acids is 1. The predicted octanol–water partition coefficient (Wildman–Crippen LogP) is 2.41. The van der Waals surface area contributed by atoms with Crippen molar-refractivity contribution in [2.45, 2.75) is 6.92 Å². The van der Waals surface area contributed by atoms with Crippen molar-refractivity contribution in [3.05, 3.63) is 35.1 Å². The fraction of sp³-hybridized carbons (Fsp3) is 0.167. The average Bonchev–Trinajstić information content (AvgIpc) is 2.95. The molecule has 0 amide bonds. The van der Waals surface area contributed by atoms with Gasteiger partial charge in [-0.05, 0) is 23.9 Å². The van der Waals surface area contributed by atoms with Crippen molar-refractivity contribution in [3.8, 4) is 10.6 Å². The molecule has 0 radical (unpaired) electrons. The summed E-state index contributed by atoms with van der Waals surface area (Å²) in [6.07, 6.45) is 3.44. The molecule has 0 aliphatic heterocycles. The number of imidazole rings is 2. The summed E-state index contributed by atoms with van der Waals surface area (Å²) in [5.41, 5.74) is 2.29. The summed E-state index contributed by atoms with van der Waals surface area (Å²) in [5.74, 6) is -0.313. The van der Waals surface area contributed by atoms with E-state index in [9.17, 15) is 4.79 Å². The van der Waals surface area contributed by atoms with Crippen LogP contribution in [0.3, 0.4) is 0 Å². The maximum absolute atomic E-state index is 11.0. The highest BCUT2D eigenvalue weighted by Gasteiger charge is 2.16. The topological polar surface area (TPSA) is 59.5 Å². The molecule has 0 saturated heterocycles. The Kier molecular flexibility index (Phi) is 2.27. The van der Waals surface area contributed by atoms with E-state index in [2.05, 4.69) is 4.98 Å². The lowest BCUT2D eigenvalue weighted by atomic mass is 10.2. The molecule has 0 aliphatic rings. The molecule has 0 fully saturated rings. The van der Waals surface area contributed by atoms with E-state index in [1.54, 1.807) is 33.5 Å². The first kappa shape index (κ1) is 11.0. The maximum Gasteiger partial charge on any atom is 0.354 e. The smallest absolute Gasteiger partial charge is 0.354 e. The van der Waals surface area contributed by atoms with Crippen molar-refractivity contribution in [2.75, 3.05) is 0 Å². The third-order valence-electron chi connectivity index (χ3n) is 2.95. The van der Waals surface area contributed by atoms with E-state index < -0.39 is 5.97 Å². The van der Waals surface area contributed by atoms with Crippen LogP contribution in [0, 0.1) is 6.92 Å². The summed E-state index contributed by atoms with van der Waals surface area (Å²) in [5, 5.41) is 11.0. The normalized spacial score (nSPS) is 11.2. The lowest BCUT2D eigenvalue weighted by molar-refractivity contribution is 0.0687. The van der Waals surface area contributed by atoms with Crippen LogP contribution in [0.5, 0.6) is 0 Å². The summed E-state index contributed by atoms with van der Waals surface area (Å²) in [6.45, 7) is 2.04. The van der Waals surface area contributed by atoms with E-state index >= 15 is 0 Å². The molecule has 3 heterocycles. The molecule has 3 aromatic heterocycles. The highest BCUT2D eigenvalue weighted by atomic mass is 32.1. The number of hydrogen-bond acceptors (Lipinski definition) is 3. The number of nitrogens with zero attached hydrogens (tertiary/aromatic N) is 3. The van der Waals surface area contributed by atoms with Gasteiger partial charge in [-0.2, -0.15) is 0 Å². The molecule has 0 aliphatic carbocycles. The van der Waals surface area contributed by atoms with Gasteiger partial charge in [-0.15, -0.1) is 11.3 Å². The fourth-order valence-electron chi connectivity index (χ4n) is 2.00. The first-order valence-electron chi connectivity index (χ1n) is 5.40. The van der Waals surface area contributed by atoms with Crippen LogP contribution in [0.25, 0.3) is 16.3 Å². The number of carboxylic acid groups (broad SMARTS) is 1. The van der Waals surface area contributed by atoms with E-state index in [4.69, 9.17) is 5.11 Å². The van der Waals surface area contributed by atoms with Gasteiger partial charge in [0.1, 0.15) is 11.4 Å². The molecule has 18 heavy (non-hydrogen) atoms. The third kappa shape index (κ3) is 1.46. The number of carbonyl (C=O) groups is 1. The minimum absolute atomic E-state index is 0.229. The first-order chi connectivity index (χ1) is 8.58. The molecule has 0 bridgehead atoms. The third-order valence-corrected chi connectivity index (χ3v) is 3.99. The minimum Gasteiger partial charge on any atom is -0.477 e. The van der Waals surface area contributed by atoms with Gasteiger partial charge in [-0.25, -0.2) is 9.78 Å². The quantitative estimate of drug-likeness (QED) is 0.770. The van der Waals surface area contributed by atoms with Gasteiger partial charge >= 0.3 is 5.97 Å². The van der Waals surface area contributed by atoms with Crippen LogP contribution in [0.15, 0.2) is 23.8 Å². The van der Waals surface area contributed by atoms with Crippen molar-refractivity contribution < 1.29 is 9.90 Å². The van der Waals surface area contributed by atoms with Crippen LogP contribution < -0.4 is 0 Å². The molecule has 3 aromatic rings. The Morgan fingerprint density at radius 3 is 2.78 bits per heavy atom. The summed E-state index contributed by atoms with van der Waals surface area (Å²) < 4.78 is 3.33. The molecule has 0 spiro atoms. The predicted molar refractivity (Wildman–Crippen MR) is 69.2 cm³/mol. The summed E-state index contributed by atoms with van der Waals surface area (Å²) in [4.78, 5) is 16.6. The Morgan fingerprint density at radius 1 is 1.44 bits per heavy atom.